The maximum atomic E-state index is 13.5. The van der Waals surface area contributed by atoms with Gasteiger partial charge in [-0.1, -0.05) is 0 Å². The molecule has 18 heavy (non-hydrogen) atoms. The van der Waals surface area contributed by atoms with Gasteiger partial charge >= 0.3 is 0 Å². The lowest BCUT2D eigenvalue weighted by Crippen LogP contribution is -2.52. The lowest BCUT2D eigenvalue weighted by Gasteiger charge is -2.28. The van der Waals surface area contributed by atoms with Crippen molar-refractivity contribution in [3.8, 4) is 0 Å². The van der Waals surface area contributed by atoms with E-state index in [1.54, 1.807) is 0 Å². The molecule has 2 atom stereocenters. The van der Waals surface area contributed by atoms with Gasteiger partial charge in [0, 0.05) is 16.9 Å². The third-order valence-electron chi connectivity index (χ3n) is 2.63. The van der Waals surface area contributed by atoms with E-state index in [2.05, 4.69) is 0 Å². The van der Waals surface area contributed by atoms with Crippen molar-refractivity contribution in [2.24, 2.45) is 0 Å². The fourth-order valence-electron chi connectivity index (χ4n) is 1.64. The molecule has 0 spiro atoms. The molecule has 1 aromatic carbocycles. The first-order chi connectivity index (χ1) is 8.41. The number of nitrogens with zero attached hydrogens (tertiary/aromatic N) is 1. The van der Waals surface area contributed by atoms with E-state index in [9.17, 15) is 22.6 Å². The predicted octanol–water partition coefficient (Wildman–Crippen LogP) is 0.975. The van der Waals surface area contributed by atoms with Crippen molar-refractivity contribution in [1.29, 1.82) is 0 Å². The van der Waals surface area contributed by atoms with E-state index in [-0.39, 0.29) is 11.4 Å². The second kappa shape index (κ2) is 4.56. The van der Waals surface area contributed by atoms with Gasteiger partial charge in [0.2, 0.25) is 11.8 Å². The summed E-state index contributed by atoms with van der Waals surface area (Å²) < 4.78 is 37.7. The number of anilines is 1. The highest BCUT2D eigenvalue weighted by molar-refractivity contribution is 7.87. The zero-order valence-electron chi connectivity index (χ0n) is 9.35. The summed E-state index contributed by atoms with van der Waals surface area (Å²) in [6.45, 7) is 1.40. The van der Waals surface area contributed by atoms with Crippen LogP contribution in [0.5, 0.6) is 0 Å². The molecule has 0 N–H and O–H groups in total. The van der Waals surface area contributed by atoms with Crippen LogP contribution < -0.4 is 4.90 Å². The average molecular weight is 273 g/mol. The van der Waals surface area contributed by atoms with Crippen molar-refractivity contribution in [3.63, 3.8) is 0 Å². The third-order valence-corrected chi connectivity index (χ3v) is 4.15. The number of hydrogen-bond donors (Lipinski definition) is 0. The van der Waals surface area contributed by atoms with Crippen molar-refractivity contribution < 1.29 is 22.6 Å². The smallest absolute Gasteiger partial charge is 0.249 e. The highest BCUT2D eigenvalue weighted by Crippen LogP contribution is 2.24. The molecule has 2 rings (SSSR count). The van der Waals surface area contributed by atoms with E-state index in [0.29, 0.717) is 11.0 Å². The molecule has 7 heteroatoms. The number of carbonyl (C=O) groups excluding carboxylic acids is 2. The van der Waals surface area contributed by atoms with E-state index in [1.807, 2.05) is 0 Å². The highest BCUT2D eigenvalue weighted by atomic mass is 32.2. The number of rotatable bonds is 1. The molecule has 4 nitrogen and oxygen atoms in total. The average Bonchev–Trinajstić information content (AvgIpc) is 2.29. The van der Waals surface area contributed by atoms with Crippen LogP contribution >= 0.6 is 0 Å². The first kappa shape index (κ1) is 12.8. The van der Waals surface area contributed by atoms with E-state index in [1.165, 1.54) is 6.92 Å². The summed E-state index contributed by atoms with van der Waals surface area (Å²) in [5, 5.41) is -0.882. The Morgan fingerprint density at radius 1 is 1.33 bits per heavy atom. The molecule has 1 fully saturated rings. The molecule has 0 saturated carbocycles. The van der Waals surface area contributed by atoms with Crippen LogP contribution in [-0.4, -0.2) is 27.0 Å². The van der Waals surface area contributed by atoms with Gasteiger partial charge in [-0.25, -0.2) is 13.7 Å². The predicted molar refractivity (Wildman–Crippen MR) is 61.3 cm³/mol. The van der Waals surface area contributed by atoms with Crippen LogP contribution in [0.15, 0.2) is 18.2 Å². The lowest BCUT2D eigenvalue weighted by atomic mass is 10.2. The van der Waals surface area contributed by atoms with Gasteiger partial charge in [0.15, 0.2) is 0 Å². The Kier molecular flexibility index (Phi) is 3.25. The molecule has 0 unspecified atom stereocenters. The zero-order chi connectivity index (χ0) is 13.4. The Labute approximate surface area is 104 Å². The van der Waals surface area contributed by atoms with Crippen LogP contribution in [0.25, 0.3) is 0 Å². The van der Waals surface area contributed by atoms with Crippen LogP contribution in [-0.2, 0) is 20.4 Å². The van der Waals surface area contributed by atoms with Crippen LogP contribution in [0.2, 0.25) is 0 Å². The Balaban J connectivity index is 2.46. The van der Waals surface area contributed by atoms with Crippen LogP contribution in [0, 0.1) is 11.6 Å². The molecule has 1 aromatic rings. The molecular weight excluding hydrogens is 264 g/mol. The van der Waals surface area contributed by atoms with Gasteiger partial charge in [-0.3, -0.25) is 13.8 Å². The fourth-order valence-corrected chi connectivity index (χ4v) is 2.60. The van der Waals surface area contributed by atoms with Crippen LogP contribution in [0.4, 0.5) is 14.5 Å². The van der Waals surface area contributed by atoms with Crippen molar-refractivity contribution in [1.82, 2.24) is 0 Å². The second-order valence-corrected chi connectivity index (χ2v) is 5.59. The second-order valence-electron chi connectivity index (χ2n) is 3.83. The van der Waals surface area contributed by atoms with Gasteiger partial charge in [-0.05, 0) is 19.1 Å². The summed E-state index contributed by atoms with van der Waals surface area (Å²) in [6, 6.07) is 2.56. The Morgan fingerprint density at radius 3 is 2.61 bits per heavy atom. The molecular formula is C11H9F2NO3S. The van der Waals surface area contributed by atoms with Gasteiger partial charge in [0.25, 0.3) is 0 Å². The van der Waals surface area contributed by atoms with Gasteiger partial charge in [0.1, 0.15) is 22.6 Å². The minimum absolute atomic E-state index is 0.310. The standard InChI is InChI=1S/C11H9F2NO3S/c1-6-11(16)14(10(15)5-18(6)17)9-3-2-7(12)4-8(9)13/h2-4,6H,5H2,1H3/t6-,18+/m0/s1. The summed E-state index contributed by atoms with van der Waals surface area (Å²) in [5.41, 5.74) is -0.310. The molecule has 1 heterocycles. The number of amides is 2. The summed E-state index contributed by atoms with van der Waals surface area (Å²) in [5.74, 6) is -3.64. The number of benzene rings is 1. The molecule has 0 radical (unpaired) electrons. The van der Waals surface area contributed by atoms with Gasteiger partial charge in [0.05, 0.1) is 5.69 Å². The molecule has 96 valence electrons. The Hall–Kier alpha value is -1.63. The van der Waals surface area contributed by atoms with Crippen molar-refractivity contribution >= 4 is 28.3 Å². The lowest BCUT2D eigenvalue weighted by molar-refractivity contribution is -0.125. The monoisotopic (exact) mass is 273 g/mol. The number of halogens is 2. The Morgan fingerprint density at radius 2 is 2.00 bits per heavy atom. The van der Waals surface area contributed by atoms with E-state index >= 15 is 0 Å². The molecule has 0 aromatic heterocycles. The molecule has 0 bridgehead atoms. The van der Waals surface area contributed by atoms with Gasteiger partial charge < -0.3 is 0 Å². The molecule has 2 amide bonds. The largest absolute Gasteiger partial charge is 0.273 e. The fraction of sp³-hybridized carbons (Fsp3) is 0.273. The van der Waals surface area contributed by atoms with Crippen molar-refractivity contribution in [2.45, 2.75) is 12.2 Å². The van der Waals surface area contributed by atoms with E-state index < -0.39 is 39.5 Å². The maximum Gasteiger partial charge on any atom is 0.249 e. The molecule has 0 aliphatic carbocycles. The van der Waals surface area contributed by atoms with E-state index in [4.69, 9.17) is 0 Å². The summed E-state index contributed by atoms with van der Waals surface area (Å²) >= 11 is 0. The van der Waals surface area contributed by atoms with E-state index in [0.717, 1.165) is 12.1 Å². The normalized spacial score (nSPS) is 24.5. The minimum Gasteiger partial charge on any atom is -0.273 e. The summed E-state index contributed by atoms with van der Waals surface area (Å²) in [6.07, 6.45) is 0. The zero-order valence-corrected chi connectivity index (χ0v) is 10.2. The summed E-state index contributed by atoms with van der Waals surface area (Å²) in [7, 11) is -1.59. The minimum atomic E-state index is -1.59. The first-order valence-electron chi connectivity index (χ1n) is 5.11. The van der Waals surface area contributed by atoms with Crippen LogP contribution in [0.3, 0.4) is 0 Å². The molecule has 1 aliphatic rings. The number of imide groups is 1. The summed E-state index contributed by atoms with van der Waals surface area (Å²) in [4.78, 5) is 24.1. The van der Waals surface area contributed by atoms with Gasteiger partial charge in [-0.15, -0.1) is 0 Å². The highest BCUT2D eigenvalue weighted by Gasteiger charge is 2.38. The maximum absolute atomic E-state index is 13.5. The SMILES string of the molecule is C[C@H]1C(=O)N(c2ccc(F)cc2F)C(=O)C[S@]1=O. The van der Waals surface area contributed by atoms with Crippen molar-refractivity contribution in [3.05, 3.63) is 29.8 Å². The first-order valence-corrected chi connectivity index (χ1v) is 6.49. The number of carbonyl (C=O) groups is 2. The Bertz CT molecular complexity index is 561. The molecule has 1 saturated heterocycles. The van der Waals surface area contributed by atoms with Crippen molar-refractivity contribution in [2.75, 3.05) is 10.7 Å². The quantitative estimate of drug-likeness (QED) is 0.717. The molecule has 1 aliphatic heterocycles. The van der Waals surface area contributed by atoms with Gasteiger partial charge in [-0.2, -0.15) is 0 Å². The van der Waals surface area contributed by atoms with Crippen LogP contribution in [0.1, 0.15) is 6.92 Å². The third kappa shape index (κ3) is 2.05. The number of hydrogen-bond acceptors (Lipinski definition) is 3. The topological polar surface area (TPSA) is 54.5 Å².